The molecule has 1 fully saturated rings. The summed E-state index contributed by atoms with van der Waals surface area (Å²) in [5, 5.41) is 6.73. The van der Waals surface area contributed by atoms with E-state index in [2.05, 4.69) is 60.8 Å². The molecule has 1 heterocycles. The van der Waals surface area contributed by atoms with Gasteiger partial charge in [0.1, 0.15) is 0 Å². The Labute approximate surface area is 200 Å². The number of anilines is 1. The van der Waals surface area contributed by atoms with Gasteiger partial charge < -0.3 is 25.0 Å². The lowest BCUT2D eigenvalue weighted by atomic mass is 10.0. The SMILES string of the molecule is CCNC(=NCCCc1ccc(N(C)C)cc1)NCCCOCC1CCOCC1.I. The summed E-state index contributed by atoms with van der Waals surface area (Å²) in [5.41, 5.74) is 2.60. The third-order valence-electron chi connectivity index (χ3n) is 5.14. The standard InChI is InChI=1S/C23H40N4O2.HI/c1-4-24-23(26-15-6-16-29-19-21-12-17-28-18-13-21)25-14-5-7-20-8-10-22(11-9-20)27(2)3;/h8-11,21H,4-7,12-19H2,1-3H3,(H2,24,25,26);1H. The van der Waals surface area contributed by atoms with Crippen LogP contribution in [0.15, 0.2) is 29.3 Å². The predicted molar refractivity (Wildman–Crippen MR) is 137 cm³/mol. The molecule has 0 aliphatic carbocycles. The molecule has 7 heteroatoms. The second kappa shape index (κ2) is 16.6. The van der Waals surface area contributed by atoms with Gasteiger partial charge in [0.2, 0.25) is 0 Å². The van der Waals surface area contributed by atoms with Crippen LogP contribution in [-0.4, -0.2) is 66.1 Å². The Morgan fingerprint density at radius 2 is 1.87 bits per heavy atom. The average Bonchev–Trinajstić information content (AvgIpc) is 2.74. The van der Waals surface area contributed by atoms with Gasteiger partial charge in [0.15, 0.2) is 5.96 Å². The largest absolute Gasteiger partial charge is 0.381 e. The number of hydrogen-bond acceptors (Lipinski definition) is 4. The van der Waals surface area contributed by atoms with Crippen LogP contribution in [0.2, 0.25) is 0 Å². The van der Waals surface area contributed by atoms with Gasteiger partial charge in [0.25, 0.3) is 0 Å². The molecule has 2 N–H and O–H groups in total. The zero-order valence-corrected chi connectivity index (χ0v) is 21.3. The number of halogens is 1. The summed E-state index contributed by atoms with van der Waals surface area (Å²) in [5.74, 6) is 1.58. The molecule has 1 aromatic rings. The van der Waals surface area contributed by atoms with Crippen molar-refractivity contribution in [3.8, 4) is 0 Å². The number of nitrogens with one attached hydrogen (secondary N) is 2. The number of ether oxygens (including phenoxy) is 2. The second-order valence-electron chi connectivity index (χ2n) is 7.84. The molecule has 30 heavy (non-hydrogen) atoms. The second-order valence-corrected chi connectivity index (χ2v) is 7.84. The minimum absolute atomic E-state index is 0. The predicted octanol–water partition coefficient (Wildman–Crippen LogP) is 3.69. The Morgan fingerprint density at radius 3 is 2.53 bits per heavy atom. The van der Waals surface area contributed by atoms with Crippen LogP contribution in [0.25, 0.3) is 0 Å². The van der Waals surface area contributed by atoms with Crippen LogP contribution in [0.5, 0.6) is 0 Å². The molecule has 0 radical (unpaired) electrons. The van der Waals surface area contributed by atoms with Gasteiger partial charge in [-0.25, -0.2) is 0 Å². The Kier molecular flexibility index (Phi) is 14.9. The molecule has 1 aliphatic heterocycles. The fraction of sp³-hybridized carbons (Fsp3) is 0.696. The summed E-state index contributed by atoms with van der Waals surface area (Å²) in [4.78, 5) is 6.82. The van der Waals surface area contributed by atoms with Crippen LogP contribution in [0.4, 0.5) is 5.69 Å². The van der Waals surface area contributed by atoms with Gasteiger partial charge in [0, 0.05) is 65.8 Å². The highest BCUT2D eigenvalue weighted by Gasteiger charge is 2.13. The smallest absolute Gasteiger partial charge is 0.191 e. The van der Waals surface area contributed by atoms with E-state index in [1.807, 2.05) is 0 Å². The van der Waals surface area contributed by atoms with Gasteiger partial charge >= 0.3 is 0 Å². The molecule has 1 aromatic carbocycles. The molecule has 0 amide bonds. The molecule has 0 bridgehead atoms. The van der Waals surface area contributed by atoms with Gasteiger partial charge in [0.05, 0.1) is 0 Å². The van der Waals surface area contributed by atoms with Crippen molar-refractivity contribution < 1.29 is 9.47 Å². The van der Waals surface area contributed by atoms with E-state index in [-0.39, 0.29) is 24.0 Å². The highest BCUT2D eigenvalue weighted by atomic mass is 127. The van der Waals surface area contributed by atoms with Crippen molar-refractivity contribution in [2.75, 3.05) is 65.1 Å². The van der Waals surface area contributed by atoms with Gasteiger partial charge in [-0.2, -0.15) is 0 Å². The van der Waals surface area contributed by atoms with Gasteiger partial charge in [-0.15, -0.1) is 24.0 Å². The number of benzene rings is 1. The van der Waals surface area contributed by atoms with E-state index in [1.54, 1.807) is 0 Å². The highest BCUT2D eigenvalue weighted by Crippen LogP contribution is 2.15. The molecule has 2 rings (SSSR count). The van der Waals surface area contributed by atoms with Crippen LogP contribution in [0.1, 0.15) is 38.2 Å². The Hall–Kier alpha value is -1.06. The number of nitrogens with zero attached hydrogens (tertiary/aromatic N) is 2. The summed E-state index contributed by atoms with van der Waals surface area (Å²) in [6, 6.07) is 8.77. The minimum Gasteiger partial charge on any atom is -0.381 e. The van der Waals surface area contributed by atoms with Crippen LogP contribution >= 0.6 is 24.0 Å². The van der Waals surface area contributed by atoms with Crippen molar-refractivity contribution in [1.29, 1.82) is 0 Å². The highest BCUT2D eigenvalue weighted by molar-refractivity contribution is 14.0. The monoisotopic (exact) mass is 532 g/mol. The molecular weight excluding hydrogens is 491 g/mol. The Bertz CT molecular complexity index is 575. The topological polar surface area (TPSA) is 58.1 Å². The van der Waals surface area contributed by atoms with E-state index < -0.39 is 0 Å². The van der Waals surface area contributed by atoms with E-state index in [1.165, 1.54) is 11.3 Å². The van der Waals surface area contributed by atoms with Crippen LogP contribution in [-0.2, 0) is 15.9 Å². The maximum atomic E-state index is 5.83. The number of hydrogen-bond donors (Lipinski definition) is 2. The zero-order valence-electron chi connectivity index (χ0n) is 19.0. The minimum atomic E-state index is 0. The van der Waals surface area contributed by atoms with Crippen LogP contribution in [0, 0.1) is 5.92 Å². The molecule has 172 valence electrons. The maximum absolute atomic E-state index is 5.83. The summed E-state index contributed by atoms with van der Waals surface area (Å²) in [6.45, 7) is 8.12. The fourth-order valence-electron chi connectivity index (χ4n) is 3.32. The lowest BCUT2D eigenvalue weighted by Crippen LogP contribution is -2.38. The molecule has 0 atom stereocenters. The first kappa shape index (κ1) is 27.0. The summed E-state index contributed by atoms with van der Waals surface area (Å²) >= 11 is 0. The molecule has 0 saturated carbocycles. The molecule has 0 unspecified atom stereocenters. The number of rotatable bonds is 12. The quantitative estimate of drug-likeness (QED) is 0.186. The van der Waals surface area contributed by atoms with Crippen molar-refractivity contribution in [3.63, 3.8) is 0 Å². The van der Waals surface area contributed by atoms with E-state index in [4.69, 9.17) is 14.5 Å². The van der Waals surface area contributed by atoms with Gasteiger partial charge in [-0.3, -0.25) is 4.99 Å². The molecule has 1 saturated heterocycles. The number of aliphatic imine (C=N–C) groups is 1. The van der Waals surface area contributed by atoms with Gasteiger partial charge in [-0.05, 0) is 62.6 Å². The van der Waals surface area contributed by atoms with E-state index in [0.29, 0.717) is 5.92 Å². The Balaban J connectivity index is 0.00000450. The zero-order chi connectivity index (χ0) is 20.7. The van der Waals surface area contributed by atoms with E-state index >= 15 is 0 Å². The molecule has 1 aliphatic rings. The number of guanidine groups is 1. The van der Waals surface area contributed by atoms with Crippen molar-refractivity contribution >= 4 is 35.6 Å². The molecule has 6 nitrogen and oxygen atoms in total. The normalized spacial score (nSPS) is 14.8. The maximum Gasteiger partial charge on any atom is 0.191 e. The van der Waals surface area contributed by atoms with Crippen LogP contribution in [0.3, 0.4) is 0 Å². The van der Waals surface area contributed by atoms with E-state index in [0.717, 1.165) is 84.1 Å². The van der Waals surface area contributed by atoms with Crippen molar-refractivity contribution in [2.24, 2.45) is 10.9 Å². The third kappa shape index (κ3) is 11.4. The molecular formula is C23H41IN4O2. The molecule has 0 aromatic heterocycles. The number of aryl methyl sites for hydroxylation is 1. The van der Waals surface area contributed by atoms with Crippen molar-refractivity contribution in [1.82, 2.24) is 10.6 Å². The fourth-order valence-corrected chi connectivity index (χ4v) is 3.32. The first-order valence-corrected chi connectivity index (χ1v) is 11.1. The van der Waals surface area contributed by atoms with E-state index in [9.17, 15) is 0 Å². The van der Waals surface area contributed by atoms with Gasteiger partial charge in [-0.1, -0.05) is 12.1 Å². The summed E-state index contributed by atoms with van der Waals surface area (Å²) < 4.78 is 11.2. The van der Waals surface area contributed by atoms with Crippen molar-refractivity contribution in [2.45, 2.75) is 39.0 Å². The van der Waals surface area contributed by atoms with Crippen molar-refractivity contribution in [3.05, 3.63) is 29.8 Å². The first-order chi connectivity index (χ1) is 14.2. The third-order valence-corrected chi connectivity index (χ3v) is 5.14. The van der Waals surface area contributed by atoms with Crippen LogP contribution < -0.4 is 15.5 Å². The summed E-state index contributed by atoms with van der Waals surface area (Å²) in [6.07, 6.45) is 5.36. The Morgan fingerprint density at radius 1 is 1.13 bits per heavy atom. The first-order valence-electron chi connectivity index (χ1n) is 11.1. The average molecular weight is 533 g/mol. The molecule has 0 spiro atoms. The summed E-state index contributed by atoms with van der Waals surface area (Å²) in [7, 11) is 4.13. The lowest BCUT2D eigenvalue weighted by molar-refractivity contribution is 0.0203. The lowest BCUT2D eigenvalue weighted by Gasteiger charge is -2.21.